The molecule has 2 N–H and O–H groups in total. The lowest BCUT2D eigenvalue weighted by Crippen LogP contribution is -2.49. The monoisotopic (exact) mass is 685 g/mol. The zero-order chi connectivity index (χ0) is 35.8. The van der Waals surface area contributed by atoms with Gasteiger partial charge in [0.05, 0.1) is 38.2 Å². The van der Waals surface area contributed by atoms with Crippen LogP contribution in [0.5, 0.6) is 11.5 Å². The van der Waals surface area contributed by atoms with Gasteiger partial charge in [-0.3, -0.25) is 9.59 Å². The lowest BCUT2D eigenvalue weighted by molar-refractivity contribution is -0.132. The largest absolute Gasteiger partial charge is 0.497 e. The minimum atomic E-state index is -1.18. The highest BCUT2D eigenvalue weighted by Crippen LogP contribution is 2.50. The van der Waals surface area contributed by atoms with Crippen molar-refractivity contribution in [3.63, 3.8) is 0 Å². The number of ether oxygens (including phenoxy) is 2. The fourth-order valence-corrected chi connectivity index (χ4v) is 8.42. The number of benzene rings is 4. The Labute approximate surface area is 300 Å². The average Bonchev–Trinajstić information content (AvgIpc) is 3.28. The van der Waals surface area contributed by atoms with Gasteiger partial charge in [-0.1, -0.05) is 86.6 Å². The van der Waals surface area contributed by atoms with Crippen LogP contribution in [0.3, 0.4) is 0 Å². The molecule has 0 bridgehead atoms. The lowest BCUT2D eigenvalue weighted by atomic mass is 9.72. The van der Waals surface area contributed by atoms with Crippen LogP contribution in [0, 0.1) is 11.3 Å². The van der Waals surface area contributed by atoms with E-state index in [2.05, 4.69) is 24.1 Å². The molecule has 264 valence electrons. The third-order valence-corrected chi connectivity index (χ3v) is 10.9. The minimum Gasteiger partial charge on any atom is -0.497 e. The molecule has 1 fully saturated rings. The molecule has 0 saturated carbocycles. The zero-order valence-electron chi connectivity index (χ0n) is 29.9. The summed E-state index contributed by atoms with van der Waals surface area (Å²) in [5.74, 6) is 1.18. The molecule has 4 aromatic carbocycles. The van der Waals surface area contributed by atoms with E-state index in [1.54, 1.807) is 14.2 Å². The van der Waals surface area contributed by atoms with E-state index in [1.807, 2.05) is 108 Å². The first-order valence-corrected chi connectivity index (χ1v) is 17.8. The van der Waals surface area contributed by atoms with E-state index >= 15 is 0 Å². The molecule has 8 nitrogen and oxygen atoms in total. The number of Topliss-reactive ketones (excluding diaryl/α,β-unsaturated/α-hetero) is 1. The molecule has 0 radical (unpaired) electrons. The van der Waals surface area contributed by atoms with Gasteiger partial charge in [-0.15, -0.1) is 0 Å². The number of methoxy groups -OCH3 is 2. The molecule has 1 atom stereocenters. The Bertz CT molecular complexity index is 1890. The Morgan fingerprint density at radius 3 is 2.12 bits per heavy atom. The normalized spacial score (nSPS) is 19.1. The molecule has 0 aromatic heterocycles. The highest BCUT2D eigenvalue weighted by atomic mass is 16.5. The number of likely N-dealkylation sites (tertiary alicyclic amines) is 1. The maximum atomic E-state index is 14.5. The SMILES string of the molecule is COc1ccc(OC)c(C2C3=C(CC(C)(C)CC3=O)Nc3ccccc3N2CC(=O)N2CCC(C(O)(c3ccccc3)c3ccccc3)CC2)c1. The number of para-hydroxylation sites is 2. The van der Waals surface area contributed by atoms with Crippen molar-refractivity contribution in [1.82, 2.24) is 4.90 Å². The number of nitrogens with one attached hydrogen (secondary N) is 1. The van der Waals surface area contributed by atoms with E-state index in [4.69, 9.17) is 9.47 Å². The topological polar surface area (TPSA) is 91.3 Å². The van der Waals surface area contributed by atoms with Gasteiger partial charge < -0.3 is 29.7 Å². The fourth-order valence-electron chi connectivity index (χ4n) is 8.42. The smallest absolute Gasteiger partial charge is 0.242 e. The first-order valence-electron chi connectivity index (χ1n) is 17.8. The van der Waals surface area contributed by atoms with Crippen LogP contribution in [0.2, 0.25) is 0 Å². The third-order valence-electron chi connectivity index (χ3n) is 10.9. The molecule has 1 saturated heterocycles. The number of ketones is 1. The van der Waals surface area contributed by atoms with E-state index in [9.17, 15) is 14.7 Å². The summed E-state index contributed by atoms with van der Waals surface area (Å²) >= 11 is 0. The van der Waals surface area contributed by atoms with Crippen LogP contribution in [0.1, 0.15) is 62.3 Å². The quantitative estimate of drug-likeness (QED) is 0.199. The summed E-state index contributed by atoms with van der Waals surface area (Å²) in [6.45, 7) is 5.30. The van der Waals surface area contributed by atoms with Crippen molar-refractivity contribution in [3.8, 4) is 11.5 Å². The number of nitrogens with zero attached hydrogens (tertiary/aromatic N) is 2. The van der Waals surface area contributed by atoms with Crippen molar-refractivity contribution in [2.45, 2.75) is 51.2 Å². The number of hydrogen-bond acceptors (Lipinski definition) is 7. The van der Waals surface area contributed by atoms with Gasteiger partial charge in [0.2, 0.25) is 5.91 Å². The van der Waals surface area contributed by atoms with Gasteiger partial charge in [-0.05, 0) is 72.1 Å². The van der Waals surface area contributed by atoms with Gasteiger partial charge in [0.15, 0.2) is 5.78 Å². The summed E-state index contributed by atoms with van der Waals surface area (Å²) in [4.78, 5) is 32.8. The average molecular weight is 686 g/mol. The molecule has 4 aromatic rings. The Kier molecular flexibility index (Phi) is 9.38. The van der Waals surface area contributed by atoms with Crippen LogP contribution in [0.4, 0.5) is 11.4 Å². The summed E-state index contributed by atoms with van der Waals surface area (Å²) in [5, 5.41) is 16.1. The van der Waals surface area contributed by atoms with E-state index < -0.39 is 11.6 Å². The summed E-state index contributed by atoms with van der Waals surface area (Å²) in [6, 6.07) is 32.7. The minimum absolute atomic E-state index is 0.0364. The standard InChI is InChI=1S/C43H47N3O5/c1-42(2)26-35-40(37(47)27-42)41(33-25-32(50-3)19-20-38(33)51-4)46(36-18-12-11-17-34(36)44-35)28-39(48)45-23-21-31(22-24-45)43(49,29-13-7-5-8-14-29)30-15-9-6-10-16-30/h5-20,25,31,41,44,49H,21-24,26-28H2,1-4H3. The number of carbonyl (C=O) groups excluding carboxylic acids is 2. The molecule has 1 amide bonds. The fraction of sp³-hybridized carbons (Fsp3) is 0.349. The van der Waals surface area contributed by atoms with E-state index in [-0.39, 0.29) is 29.6 Å². The molecule has 1 aliphatic carbocycles. The van der Waals surface area contributed by atoms with Crippen LogP contribution in [-0.2, 0) is 15.2 Å². The molecular formula is C43H47N3O5. The molecule has 7 rings (SSSR count). The lowest BCUT2D eigenvalue weighted by Gasteiger charge is -2.43. The van der Waals surface area contributed by atoms with Gasteiger partial charge in [0.1, 0.15) is 17.1 Å². The Balaban J connectivity index is 1.24. The van der Waals surface area contributed by atoms with Crippen molar-refractivity contribution in [1.29, 1.82) is 0 Å². The number of amides is 1. The van der Waals surface area contributed by atoms with Gasteiger partial charge >= 0.3 is 0 Å². The van der Waals surface area contributed by atoms with Gasteiger partial charge in [-0.25, -0.2) is 0 Å². The summed E-state index contributed by atoms with van der Waals surface area (Å²) < 4.78 is 11.6. The van der Waals surface area contributed by atoms with E-state index in [0.29, 0.717) is 55.8 Å². The number of carbonyl (C=O) groups is 2. The van der Waals surface area contributed by atoms with Crippen molar-refractivity contribution >= 4 is 23.1 Å². The summed E-state index contributed by atoms with van der Waals surface area (Å²) in [6.07, 6.45) is 2.36. The number of hydrogen-bond donors (Lipinski definition) is 2. The van der Waals surface area contributed by atoms with Crippen LogP contribution in [-0.4, -0.2) is 55.6 Å². The summed E-state index contributed by atoms with van der Waals surface area (Å²) in [5.41, 5.74) is 4.27. The van der Waals surface area contributed by atoms with Gasteiger partial charge in [0, 0.05) is 36.3 Å². The number of aliphatic hydroxyl groups is 1. The van der Waals surface area contributed by atoms with Crippen molar-refractivity contribution < 1.29 is 24.2 Å². The number of allylic oxidation sites excluding steroid dienone is 1. The summed E-state index contributed by atoms with van der Waals surface area (Å²) in [7, 11) is 3.25. The van der Waals surface area contributed by atoms with Crippen LogP contribution < -0.4 is 19.7 Å². The molecule has 0 spiro atoms. The van der Waals surface area contributed by atoms with Crippen LogP contribution in [0.25, 0.3) is 0 Å². The Hall–Kier alpha value is -5.08. The van der Waals surface area contributed by atoms with Crippen molar-refractivity contribution in [2.75, 3.05) is 44.1 Å². The third kappa shape index (κ3) is 6.49. The molecule has 3 aliphatic rings. The van der Waals surface area contributed by atoms with Crippen LogP contribution >= 0.6 is 0 Å². The van der Waals surface area contributed by atoms with E-state index in [0.717, 1.165) is 33.8 Å². The predicted octanol–water partition coefficient (Wildman–Crippen LogP) is 7.49. The Morgan fingerprint density at radius 1 is 0.863 bits per heavy atom. The van der Waals surface area contributed by atoms with Crippen molar-refractivity contribution in [3.05, 3.63) is 131 Å². The van der Waals surface area contributed by atoms with E-state index in [1.165, 1.54) is 0 Å². The second kappa shape index (κ2) is 13.9. The highest BCUT2D eigenvalue weighted by Gasteiger charge is 2.45. The number of fused-ring (bicyclic) bond motifs is 1. The Morgan fingerprint density at radius 2 is 1.49 bits per heavy atom. The molecule has 1 unspecified atom stereocenters. The highest BCUT2D eigenvalue weighted by molar-refractivity contribution is 6.02. The first kappa shape index (κ1) is 34.4. The van der Waals surface area contributed by atoms with Gasteiger partial charge in [0.25, 0.3) is 0 Å². The van der Waals surface area contributed by atoms with Gasteiger partial charge in [-0.2, -0.15) is 0 Å². The molecule has 51 heavy (non-hydrogen) atoms. The molecule has 2 heterocycles. The number of piperidine rings is 1. The number of rotatable bonds is 8. The molecule has 2 aliphatic heterocycles. The maximum absolute atomic E-state index is 14.5. The zero-order valence-corrected chi connectivity index (χ0v) is 29.9. The molecule has 8 heteroatoms. The first-order chi connectivity index (χ1) is 24.6. The van der Waals surface area contributed by atoms with Crippen molar-refractivity contribution in [2.24, 2.45) is 11.3 Å². The predicted molar refractivity (Wildman–Crippen MR) is 200 cm³/mol. The van der Waals surface area contributed by atoms with Crippen LogP contribution in [0.15, 0.2) is 114 Å². The number of anilines is 2. The second-order valence-corrected chi connectivity index (χ2v) is 14.8. The second-order valence-electron chi connectivity index (χ2n) is 14.8. The molecular weight excluding hydrogens is 638 g/mol. The maximum Gasteiger partial charge on any atom is 0.242 e.